The summed E-state index contributed by atoms with van der Waals surface area (Å²) in [6, 6.07) is 10.4. The molecule has 0 saturated carbocycles. The van der Waals surface area contributed by atoms with Crippen LogP contribution in [0.5, 0.6) is 0 Å². The lowest BCUT2D eigenvalue weighted by Gasteiger charge is -2.13. The van der Waals surface area contributed by atoms with Gasteiger partial charge >= 0.3 is 0 Å². The Morgan fingerprint density at radius 3 is 2.78 bits per heavy atom. The van der Waals surface area contributed by atoms with Crippen molar-refractivity contribution in [1.82, 2.24) is 23.9 Å². The third kappa shape index (κ3) is 2.60. The molecule has 0 radical (unpaired) electrons. The molecule has 0 spiro atoms. The number of nitrogens with one attached hydrogen (secondary N) is 1. The van der Waals surface area contributed by atoms with E-state index in [0.29, 0.717) is 11.3 Å². The van der Waals surface area contributed by atoms with E-state index >= 15 is 0 Å². The van der Waals surface area contributed by atoms with Crippen LogP contribution in [0.25, 0.3) is 22.2 Å². The van der Waals surface area contributed by atoms with E-state index in [-0.39, 0.29) is 10.7 Å². The number of nitrogens with zero attached hydrogens (tertiary/aromatic N) is 5. The molecule has 5 rings (SSSR count). The van der Waals surface area contributed by atoms with Crippen LogP contribution >= 0.6 is 11.6 Å². The van der Waals surface area contributed by atoms with Gasteiger partial charge in [-0.3, -0.25) is 4.40 Å². The van der Waals surface area contributed by atoms with Gasteiger partial charge in [-0.15, -0.1) is 0 Å². The summed E-state index contributed by atoms with van der Waals surface area (Å²) in [5, 5.41) is 3.29. The Labute approximate surface area is 157 Å². The standard InChI is InChI=1S/C19H12ClFN6/c20-13-2-1-3-14(21)18(13)25-19-17-9-23-11-27(17)16-8-12(4-5-15(16)24-19)26-7-6-22-10-26/h1-11H,(H,24,25). The number of rotatable bonds is 3. The first-order valence-electron chi connectivity index (χ1n) is 8.16. The molecule has 0 fully saturated rings. The molecule has 6 nitrogen and oxygen atoms in total. The molecular formula is C19H12ClFN6. The smallest absolute Gasteiger partial charge is 0.157 e. The highest BCUT2D eigenvalue weighted by atomic mass is 35.5. The number of hydrogen-bond acceptors (Lipinski definition) is 4. The number of para-hydroxylation sites is 1. The first-order valence-corrected chi connectivity index (χ1v) is 8.54. The predicted octanol–water partition coefficient (Wildman–Crippen LogP) is 4.60. The lowest BCUT2D eigenvalue weighted by Crippen LogP contribution is -2.02. The highest BCUT2D eigenvalue weighted by molar-refractivity contribution is 6.33. The van der Waals surface area contributed by atoms with Crippen molar-refractivity contribution in [3.05, 3.63) is 78.5 Å². The molecule has 2 aromatic carbocycles. The van der Waals surface area contributed by atoms with E-state index in [1.165, 1.54) is 6.07 Å². The summed E-state index contributed by atoms with van der Waals surface area (Å²) in [7, 11) is 0. The molecule has 0 amide bonds. The molecule has 0 atom stereocenters. The average molecular weight is 379 g/mol. The van der Waals surface area contributed by atoms with Crippen molar-refractivity contribution in [2.75, 3.05) is 5.32 Å². The second-order valence-electron chi connectivity index (χ2n) is 5.97. The Morgan fingerprint density at radius 1 is 1.04 bits per heavy atom. The first kappa shape index (κ1) is 15.8. The van der Waals surface area contributed by atoms with Crippen LogP contribution in [0.15, 0.2) is 67.6 Å². The van der Waals surface area contributed by atoms with Crippen molar-refractivity contribution in [2.24, 2.45) is 0 Å². The van der Waals surface area contributed by atoms with Crippen LogP contribution in [0.4, 0.5) is 15.9 Å². The summed E-state index contributed by atoms with van der Waals surface area (Å²) in [4.78, 5) is 13.0. The van der Waals surface area contributed by atoms with E-state index in [9.17, 15) is 4.39 Å². The minimum atomic E-state index is -0.447. The Hall–Kier alpha value is -3.45. The second kappa shape index (κ2) is 6.07. The molecule has 5 aromatic rings. The van der Waals surface area contributed by atoms with Crippen molar-refractivity contribution < 1.29 is 4.39 Å². The monoisotopic (exact) mass is 378 g/mol. The normalized spacial score (nSPS) is 11.3. The van der Waals surface area contributed by atoms with Crippen LogP contribution in [0.3, 0.4) is 0 Å². The summed E-state index contributed by atoms with van der Waals surface area (Å²) in [5.41, 5.74) is 3.46. The Kier molecular flexibility index (Phi) is 3.54. The molecule has 0 bridgehead atoms. The van der Waals surface area contributed by atoms with Crippen molar-refractivity contribution in [2.45, 2.75) is 0 Å². The van der Waals surface area contributed by atoms with Crippen LogP contribution in [-0.2, 0) is 0 Å². The number of imidazole rings is 2. The van der Waals surface area contributed by atoms with E-state index in [4.69, 9.17) is 11.6 Å². The summed E-state index contributed by atoms with van der Waals surface area (Å²) < 4.78 is 18.0. The Morgan fingerprint density at radius 2 is 1.96 bits per heavy atom. The van der Waals surface area contributed by atoms with Gasteiger partial charge in [0.25, 0.3) is 0 Å². The highest BCUT2D eigenvalue weighted by Gasteiger charge is 2.13. The number of aromatic nitrogens is 5. The van der Waals surface area contributed by atoms with Crippen molar-refractivity contribution >= 4 is 39.7 Å². The van der Waals surface area contributed by atoms with Crippen LogP contribution in [0.1, 0.15) is 0 Å². The fourth-order valence-corrected chi connectivity index (χ4v) is 3.25. The first-order chi connectivity index (χ1) is 13.2. The molecule has 3 heterocycles. The van der Waals surface area contributed by atoms with Crippen LogP contribution < -0.4 is 5.32 Å². The maximum absolute atomic E-state index is 14.2. The molecule has 0 aliphatic heterocycles. The molecule has 27 heavy (non-hydrogen) atoms. The van der Waals surface area contributed by atoms with Gasteiger partial charge in [0.15, 0.2) is 5.82 Å². The zero-order valence-electron chi connectivity index (χ0n) is 13.8. The zero-order chi connectivity index (χ0) is 18.4. The number of fused-ring (bicyclic) bond motifs is 3. The number of halogens is 2. The van der Waals surface area contributed by atoms with E-state index in [1.54, 1.807) is 37.2 Å². The minimum absolute atomic E-state index is 0.184. The van der Waals surface area contributed by atoms with Gasteiger partial charge in [0.05, 0.1) is 40.6 Å². The van der Waals surface area contributed by atoms with Crippen LogP contribution in [-0.4, -0.2) is 23.9 Å². The Balaban J connectivity index is 1.70. The van der Waals surface area contributed by atoms with Crippen LogP contribution in [0, 0.1) is 5.82 Å². The van der Waals surface area contributed by atoms with Gasteiger partial charge in [-0.05, 0) is 30.3 Å². The fourth-order valence-electron chi connectivity index (χ4n) is 3.04. The van der Waals surface area contributed by atoms with Gasteiger partial charge in [-0.25, -0.2) is 19.3 Å². The molecular weight excluding hydrogens is 367 g/mol. The average Bonchev–Trinajstić information content (AvgIpc) is 3.36. The quantitative estimate of drug-likeness (QED) is 0.498. The largest absolute Gasteiger partial charge is 0.335 e. The molecule has 0 unspecified atom stereocenters. The third-order valence-electron chi connectivity index (χ3n) is 4.34. The molecule has 1 N–H and O–H groups in total. The summed E-state index contributed by atoms with van der Waals surface area (Å²) >= 11 is 6.14. The summed E-state index contributed by atoms with van der Waals surface area (Å²) in [5.74, 6) is 0.0277. The summed E-state index contributed by atoms with van der Waals surface area (Å²) in [6.45, 7) is 0. The van der Waals surface area contributed by atoms with Crippen LogP contribution in [0.2, 0.25) is 5.02 Å². The van der Waals surface area contributed by atoms with E-state index in [1.807, 2.05) is 33.4 Å². The molecule has 132 valence electrons. The molecule has 0 aliphatic carbocycles. The number of hydrogen-bond donors (Lipinski definition) is 1. The van der Waals surface area contributed by atoms with Gasteiger partial charge in [0.1, 0.15) is 11.3 Å². The third-order valence-corrected chi connectivity index (χ3v) is 4.66. The lowest BCUT2D eigenvalue weighted by molar-refractivity contribution is 0.632. The fraction of sp³-hybridized carbons (Fsp3) is 0. The van der Waals surface area contributed by atoms with E-state index in [2.05, 4.69) is 20.3 Å². The van der Waals surface area contributed by atoms with Gasteiger partial charge in [-0.2, -0.15) is 0 Å². The van der Waals surface area contributed by atoms with Gasteiger partial charge in [0.2, 0.25) is 0 Å². The molecule has 8 heteroatoms. The minimum Gasteiger partial charge on any atom is -0.335 e. The summed E-state index contributed by atoms with van der Waals surface area (Å²) in [6.07, 6.45) is 8.70. The molecule has 0 aliphatic rings. The van der Waals surface area contributed by atoms with Gasteiger partial charge in [-0.1, -0.05) is 17.7 Å². The Bertz CT molecular complexity index is 1260. The zero-order valence-corrected chi connectivity index (χ0v) is 14.6. The molecule has 0 saturated heterocycles. The van der Waals surface area contributed by atoms with Crippen molar-refractivity contribution in [3.63, 3.8) is 0 Å². The predicted molar refractivity (Wildman–Crippen MR) is 102 cm³/mol. The van der Waals surface area contributed by atoms with Crippen molar-refractivity contribution in [3.8, 4) is 5.69 Å². The second-order valence-corrected chi connectivity index (χ2v) is 6.38. The highest BCUT2D eigenvalue weighted by Crippen LogP contribution is 2.31. The van der Waals surface area contributed by atoms with E-state index in [0.717, 1.165) is 16.7 Å². The van der Waals surface area contributed by atoms with Gasteiger partial charge in [0, 0.05) is 18.1 Å². The topological polar surface area (TPSA) is 60.0 Å². The van der Waals surface area contributed by atoms with Gasteiger partial charge < -0.3 is 9.88 Å². The number of benzene rings is 2. The van der Waals surface area contributed by atoms with Crippen molar-refractivity contribution in [1.29, 1.82) is 0 Å². The lowest BCUT2D eigenvalue weighted by atomic mass is 10.2. The number of anilines is 2. The molecule has 3 aromatic heterocycles. The van der Waals surface area contributed by atoms with E-state index < -0.39 is 5.82 Å². The maximum Gasteiger partial charge on any atom is 0.157 e. The SMILES string of the molecule is Fc1cccc(Cl)c1Nc1nc2ccc(-n3ccnc3)cc2n2cncc12. The maximum atomic E-state index is 14.2.